The van der Waals surface area contributed by atoms with E-state index in [2.05, 4.69) is 52.8 Å². The second-order valence-corrected chi connectivity index (χ2v) is 5.95. The summed E-state index contributed by atoms with van der Waals surface area (Å²) < 4.78 is 7.81. The van der Waals surface area contributed by atoms with Crippen molar-refractivity contribution in [2.75, 3.05) is 0 Å². The zero-order valence-electron chi connectivity index (χ0n) is 14.1. The molecule has 0 aliphatic rings. The van der Waals surface area contributed by atoms with Crippen molar-refractivity contribution in [1.82, 2.24) is 9.38 Å². The number of hydrogen-bond donors (Lipinski definition) is 0. The van der Waals surface area contributed by atoms with E-state index >= 15 is 0 Å². The molecule has 0 atom stereocenters. The smallest absolute Gasteiger partial charge is 0.137 e. The average molecular weight is 306 g/mol. The fourth-order valence-corrected chi connectivity index (χ4v) is 2.60. The number of nitrogens with zero attached hydrogens (tertiary/aromatic N) is 2. The highest BCUT2D eigenvalue weighted by molar-refractivity contribution is 5.70. The number of pyridine rings is 1. The fourth-order valence-electron chi connectivity index (χ4n) is 2.60. The first-order valence-corrected chi connectivity index (χ1v) is 7.96. The summed E-state index contributed by atoms with van der Waals surface area (Å²) >= 11 is 0. The number of benzene rings is 1. The molecule has 3 aromatic rings. The van der Waals surface area contributed by atoms with Gasteiger partial charge in [0.2, 0.25) is 0 Å². The maximum absolute atomic E-state index is 5.69. The Balaban J connectivity index is 1.94. The quantitative estimate of drug-likeness (QED) is 0.661. The molecule has 0 saturated heterocycles. The summed E-state index contributed by atoms with van der Waals surface area (Å²) in [6, 6.07) is 12.4. The highest BCUT2D eigenvalue weighted by atomic mass is 16.5. The molecule has 3 heteroatoms. The van der Waals surface area contributed by atoms with E-state index in [0.29, 0.717) is 0 Å². The molecule has 0 unspecified atom stereocenters. The summed E-state index contributed by atoms with van der Waals surface area (Å²) in [5, 5.41) is 0. The topological polar surface area (TPSA) is 26.5 Å². The van der Waals surface area contributed by atoms with E-state index in [1.807, 2.05) is 39.1 Å². The van der Waals surface area contributed by atoms with Crippen LogP contribution < -0.4 is 4.74 Å². The van der Waals surface area contributed by atoms with Crippen LogP contribution in [-0.2, 0) is 0 Å². The molecule has 0 aliphatic carbocycles. The Morgan fingerprint density at radius 2 is 1.87 bits per heavy atom. The molecule has 0 aliphatic heterocycles. The van der Waals surface area contributed by atoms with E-state index in [9.17, 15) is 0 Å². The van der Waals surface area contributed by atoms with Crippen LogP contribution in [0.3, 0.4) is 0 Å². The minimum Gasteiger partial charge on any atom is -0.491 e. The van der Waals surface area contributed by atoms with E-state index in [-0.39, 0.29) is 6.10 Å². The molecular formula is C20H22N2O. The molecule has 0 fully saturated rings. The second-order valence-electron chi connectivity index (χ2n) is 5.95. The Labute approximate surface area is 137 Å². The number of fused-ring (bicyclic) bond motifs is 1. The SMILES string of the molecule is C/C=C(/C)c1cnc2cc(-c3ccc(OC(C)C)cc3)ccn12. The molecule has 23 heavy (non-hydrogen) atoms. The summed E-state index contributed by atoms with van der Waals surface area (Å²) in [4.78, 5) is 4.53. The van der Waals surface area contributed by atoms with Gasteiger partial charge in [0, 0.05) is 6.20 Å². The fraction of sp³-hybridized carbons (Fsp3) is 0.250. The minimum absolute atomic E-state index is 0.190. The van der Waals surface area contributed by atoms with E-state index in [0.717, 1.165) is 28.2 Å². The molecule has 0 radical (unpaired) electrons. The lowest BCUT2D eigenvalue weighted by Gasteiger charge is -2.10. The molecule has 0 saturated carbocycles. The largest absolute Gasteiger partial charge is 0.491 e. The van der Waals surface area contributed by atoms with Crippen molar-refractivity contribution < 1.29 is 4.74 Å². The zero-order valence-corrected chi connectivity index (χ0v) is 14.1. The van der Waals surface area contributed by atoms with Crippen molar-refractivity contribution in [3.05, 3.63) is 60.6 Å². The maximum atomic E-state index is 5.69. The lowest BCUT2D eigenvalue weighted by atomic mass is 10.1. The molecular weight excluding hydrogens is 284 g/mol. The lowest BCUT2D eigenvalue weighted by molar-refractivity contribution is 0.242. The van der Waals surface area contributed by atoms with Crippen LogP contribution in [0, 0.1) is 0 Å². The Kier molecular flexibility index (Phi) is 4.20. The van der Waals surface area contributed by atoms with Crippen molar-refractivity contribution in [2.24, 2.45) is 0 Å². The van der Waals surface area contributed by atoms with Gasteiger partial charge >= 0.3 is 0 Å². The van der Waals surface area contributed by atoms with E-state index in [1.54, 1.807) is 0 Å². The highest BCUT2D eigenvalue weighted by Crippen LogP contribution is 2.25. The summed E-state index contributed by atoms with van der Waals surface area (Å²) in [5.41, 5.74) is 5.64. The molecule has 0 spiro atoms. The maximum Gasteiger partial charge on any atom is 0.137 e. The summed E-state index contributed by atoms with van der Waals surface area (Å²) in [5.74, 6) is 0.900. The molecule has 0 bridgehead atoms. The van der Waals surface area contributed by atoms with Gasteiger partial charge < -0.3 is 4.74 Å². The van der Waals surface area contributed by atoms with Gasteiger partial charge in [0.15, 0.2) is 0 Å². The summed E-state index contributed by atoms with van der Waals surface area (Å²) in [6.45, 7) is 8.21. The van der Waals surface area contributed by atoms with Gasteiger partial charge in [-0.2, -0.15) is 0 Å². The molecule has 3 rings (SSSR count). The van der Waals surface area contributed by atoms with Gasteiger partial charge in [-0.15, -0.1) is 0 Å². The van der Waals surface area contributed by atoms with E-state index in [1.165, 1.54) is 5.57 Å². The number of rotatable bonds is 4. The average Bonchev–Trinajstić information content (AvgIpc) is 2.97. The van der Waals surface area contributed by atoms with Gasteiger partial charge in [-0.05, 0) is 68.7 Å². The molecule has 2 heterocycles. The predicted octanol–water partition coefficient (Wildman–Crippen LogP) is 5.21. The first-order chi connectivity index (χ1) is 11.1. The number of hydrogen-bond acceptors (Lipinski definition) is 2. The lowest BCUT2D eigenvalue weighted by Crippen LogP contribution is -2.05. The molecule has 118 valence electrons. The van der Waals surface area contributed by atoms with E-state index in [4.69, 9.17) is 4.74 Å². The first-order valence-electron chi connectivity index (χ1n) is 7.96. The third-order valence-corrected chi connectivity index (χ3v) is 3.91. The van der Waals surface area contributed by atoms with Crippen molar-refractivity contribution in [3.8, 4) is 16.9 Å². The van der Waals surface area contributed by atoms with Crippen LogP contribution in [0.2, 0.25) is 0 Å². The Morgan fingerprint density at radius 1 is 1.13 bits per heavy atom. The van der Waals surface area contributed by atoms with Crippen LogP contribution in [0.15, 0.2) is 54.9 Å². The molecule has 0 amide bonds. The number of allylic oxidation sites excluding steroid dienone is 2. The van der Waals surface area contributed by atoms with Gasteiger partial charge in [-0.25, -0.2) is 4.98 Å². The predicted molar refractivity (Wildman–Crippen MR) is 95.7 cm³/mol. The monoisotopic (exact) mass is 306 g/mol. The van der Waals surface area contributed by atoms with Gasteiger partial charge in [-0.3, -0.25) is 4.40 Å². The molecule has 2 aromatic heterocycles. The van der Waals surface area contributed by atoms with Crippen LogP contribution in [0.5, 0.6) is 5.75 Å². The number of imidazole rings is 1. The molecule has 0 N–H and O–H groups in total. The Bertz CT molecular complexity index is 842. The highest BCUT2D eigenvalue weighted by Gasteiger charge is 2.07. The first kappa shape index (κ1) is 15.3. The second kappa shape index (κ2) is 6.29. The number of aromatic nitrogens is 2. The van der Waals surface area contributed by atoms with Gasteiger partial charge in [0.25, 0.3) is 0 Å². The Hall–Kier alpha value is -2.55. The van der Waals surface area contributed by atoms with Crippen molar-refractivity contribution in [2.45, 2.75) is 33.8 Å². The minimum atomic E-state index is 0.190. The van der Waals surface area contributed by atoms with Gasteiger partial charge in [0.1, 0.15) is 11.4 Å². The van der Waals surface area contributed by atoms with E-state index < -0.39 is 0 Å². The van der Waals surface area contributed by atoms with Crippen molar-refractivity contribution >= 4 is 11.2 Å². The van der Waals surface area contributed by atoms with Crippen LogP contribution in [0.4, 0.5) is 0 Å². The van der Waals surface area contributed by atoms with Crippen molar-refractivity contribution in [3.63, 3.8) is 0 Å². The molecule has 3 nitrogen and oxygen atoms in total. The number of ether oxygens (including phenoxy) is 1. The summed E-state index contributed by atoms with van der Waals surface area (Å²) in [7, 11) is 0. The molecule has 1 aromatic carbocycles. The standard InChI is InChI=1S/C20H22N2O/c1-5-15(4)19-13-21-20-12-17(10-11-22(19)20)16-6-8-18(9-7-16)23-14(2)3/h5-14H,1-4H3/b15-5-. The van der Waals surface area contributed by atoms with Crippen LogP contribution >= 0.6 is 0 Å². The van der Waals surface area contributed by atoms with Crippen LogP contribution in [0.25, 0.3) is 22.3 Å². The van der Waals surface area contributed by atoms with Gasteiger partial charge in [0.05, 0.1) is 18.0 Å². The third-order valence-electron chi connectivity index (χ3n) is 3.91. The zero-order chi connectivity index (χ0) is 16.4. The van der Waals surface area contributed by atoms with Crippen LogP contribution in [0.1, 0.15) is 33.4 Å². The van der Waals surface area contributed by atoms with Gasteiger partial charge in [-0.1, -0.05) is 18.2 Å². The third kappa shape index (κ3) is 3.14. The van der Waals surface area contributed by atoms with Crippen molar-refractivity contribution in [1.29, 1.82) is 0 Å². The van der Waals surface area contributed by atoms with Crippen LogP contribution in [-0.4, -0.2) is 15.5 Å². The Morgan fingerprint density at radius 3 is 2.52 bits per heavy atom. The summed E-state index contributed by atoms with van der Waals surface area (Å²) in [6.07, 6.45) is 6.30. The normalized spacial score (nSPS) is 12.1.